The fraction of sp³-hybridized carbons (Fsp3) is 0.267. The predicted octanol–water partition coefficient (Wildman–Crippen LogP) is 1.74. The van der Waals surface area contributed by atoms with Crippen LogP contribution in [0.1, 0.15) is 12.6 Å². The third-order valence-corrected chi connectivity index (χ3v) is 3.22. The van der Waals surface area contributed by atoms with Crippen molar-refractivity contribution in [2.24, 2.45) is 0 Å². The number of nitrogens with zero attached hydrogens (tertiary/aromatic N) is 3. The van der Waals surface area contributed by atoms with Gasteiger partial charge in [-0.15, -0.1) is 0 Å². The summed E-state index contributed by atoms with van der Waals surface area (Å²) in [5, 5.41) is 11.5. The van der Waals surface area contributed by atoms with E-state index in [-0.39, 0.29) is 5.91 Å². The molecule has 2 heterocycles. The van der Waals surface area contributed by atoms with Crippen molar-refractivity contribution in [2.75, 3.05) is 18.4 Å². The molecular weight excluding hydrogens is 266 g/mol. The van der Waals surface area contributed by atoms with E-state index in [0.29, 0.717) is 13.1 Å². The monoisotopic (exact) mass is 283 g/mol. The molecule has 0 radical (unpaired) electrons. The van der Waals surface area contributed by atoms with E-state index in [2.05, 4.69) is 20.7 Å². The lowest BCUT2D eigenvalue weighted by Gasteiger charge is -2.10. The molecule has 21 heavy (non-hydrogen) atoms. The molecule has 2 N–H and O–H groups in total. The minimum Gasteiger partial charge on any atom is -0.368 e. The van der Waals surface area contributed by atoms with E-state index in [9.17, 15) is 4.79 Å². The van der Waals surface area contributed by atoms with Crippen molar-refractivity contribution in [3.05, 3.63) is 36.0 Å². The molecule has 1 amide bonds. The van der Waals surface area contributed by atoms with Crippen LogP contribution in [0.15, 0.2) is 30.3 Å². The topological polar surface area (TPSA) is 71.3 Å². The fourth-order valence-corrected chi connectivity index (χ4v) is 2.33. The second-order valence-corrected chi connectivity index (χ2v) is 4.94. The summed E-state index contributed by atoms with van der Waals surface area (Å²) < 4.78 is 1.85. The summed E-state index contributed by atoms with van der Waals surface area (Å²) in [6.07, 6.45) is 0. The molecule has 6 heteroatoms. The second kappa shape index (κ2) is 5.40. The molecule has 0 aliphatic carbocycles. The highest BCUT2D eigenvalue weighted by atomic mass is 16.1. The van der Waals surface area contributed by atoms with Crippen molar-refractivity contribution in [1.29, 1.82) is 0 Å². The number of anilines is 1. The molecule has 0 bridgehead atoms. The smallest absolute Gasteiger partial charge is 0.216 e. The minimum atomic E-state index is -0.0310. The number of benzene rings is 1. The number of amides is 1. The van der Waals surface area contributed by atoms with Crippen LogP contribution in [-0.4, -0.2) is 33.6 Å². The Bertz CT molecular complexity index is 808. The van der Waals surface area contributed by atoms with Gasteiger partial charge in [0.15, 0.2) is 5.65 Å². The van der Waals surface area contributed by atoms with Crippen LogP contribution in [-0.2, 0) is 4.79 Å². The molecule has 1 aromatic carbocycles. The highest BCUT2D eigenvalue weighted by Crippen LogP contribution is 2.22. The summed E-state index contributed by atoms with van der Waals surface area (Å²) in [7, 11) is 0. The van der Waals surface area contributed by atoms with E-state index >= 15 is 0 Å². The van der Waals surface area contributed by atoms with Gasteiger partial charge in [-0.05, 0) is 19.1 Å². The Morgan fingerprint density at radius 1 is 1.29 bits per heavy atom. The number of aromatic nitrogens is 3. The van der Waals surface area contributed by atoms with Crippen LogP contribution in [0, 0.1) is 6.92 Å². The molecule has 0 unspecified atom stereocenters. The van der Waals surface area contributed by atoms with Gasteiger partial charge in [0.1, 0.15) is 5.82 Å². The first-order valence-corrected chi connectivity index (χ1v) is 6.88. The zero-order valence-electron chi connectivity index (χ0n) is 12.1. The number of fused-ring (bicyclic) bond motifs is 3. The van der Waals surface area contributed by atoms with Crippen LogP contribution >= 0.6 is 0 Å². The number of aryl methyl sites for hydroxylation is 1. The maximum absolute atomic E-state index is 10.9. The molecule has 0 saturated carbocycles. The molecule has 6 nitrogen and oxygen atoms in total. The normalized spacial score (nSPS) is 11.0. The first kappa shape index (κ1) is 13.4. The third kappa shape index (κ3) is 2.65. The molecule has 0 spiro atoms. The van der Waals surface area contributed by atoms with E-state index < -0.39 is 0 Å². The van der Waals surface area contributed by atoms with Crippen molar-refractivity contribution < 1.29 is 4.79 Å². The van der Waals surface area contributed by atoms with Crippen molar-refractivity contribution in [1.82, 2.24) is 19.9 Å². The average Bonchev–Trinajstić information content (AvgIpc) is 2.84. The molecule has 108 valence electrons. The maximum atomic E-state index is 10.9. The van der Waals surface area contributed by atoms with Crippen molar-refractivity contribution in [2.45, 2.75) is 13.8 Å². The molecule has 0 saturated heterocycles. The van der Waals surface area contributed by atoms with Crippen molar-refractivity contribution in [3.63, 3.8) is 0 Å². The molecule has 3 aromatic rings. The number of rotatable bonds is 4. The maximum Gasteiger partial charge on any atom is 0.216 e. The van der Waals surface area contributed by atoms with Gasteiger partial charge in [-0.3, -0.25) is 4.79 Å². The number of carbonyl (C=O) groups excluding carboxylic acids is 1. The summed E-state index contributed by atoms with van der Waals surface area (Å²) in [5.41, 5.74) is 2.76. The average molecular weight is 283 g/mol. The SMILES string of the molecule is CC(=O)NCCNc1nc2cc(C)nn2c2ccccc12. The summed E-state index contributed by atoms with van der Waals surface area (Å²) in [4.78, 5) is 15.5. The summed E-state index contributed by atoms with van der Waals surface area (Å²) in [6, 6.07) is 9.95. The van der Waals surface area contributed by atoms with E-state index in [0.717, 1.165) is 28.1 Å². The zero-order chi connectivity index (χ0) is 14.8. The third-order valence-electron chi connectivity index (χ3n) is 3.22. The van der Waals surface area contributed by atoms with Crippen molar-refractivity contribution >= 4 is 28.3 Å². The van der Waals surface area contributed by atoms with Gasteiger partial charge in [0.2, 0.25) is 5.91 Å². The Kier molecular flexibility index (Phi) is 3.43. The van der Waals surface area contributed by atoms with E-state index in [1.54, 1.807) is 0 Å². The van der Waals surface area contributed by atoms with Gasteiger partial charge in [-0.25, -0.2) is 9.50 Å². The van der Waals surface area contributed by atoms with E-state index in [1.165, 1.54) is 6.92 Å². The Hall–Kier alpha value is -2.63. The highest BCUT2D eigenvalue weighted by Gasteiger charge is 2.09. The van der Waals surface area contributed by atoms with Crippen LogP contribution in [0.25, 0.3) is 16.6 Å². The number of para-hydroxylation sites is 1. The molecule has 0 fully saturated rings. The Labute approximate surface area is 122 Å². The molecule has 0 atom stereocenters. The summed E-state index contributed by atoms with van der Waals surface area (Å²) >= 11 is 0. The lowest BCUT2D eigenvalue weighted by molar-refractivity contribution is -0.118. The number of carbonyl (C=O) groups is 1. The van der Waals surface area contributed by atoms with Crippen LogP contribution < -0.4 is 10.6 Å². The lowest BCUT2D eigenvalue weighted by atomic mass is 10.2. The van der Waals surface area contributed by atoms with E-state index in [4.69, 9.17) is 0 Å². The van der Waals surface area contributed by atoms with Gasteiger partial charge in [-0.1, -0.05) is 12.1 Å². The Balaban J connectivity index is 1.97. The molecule has 0 aliphatic heterocycles. The standard InChI is InChI=1S/C15H17N5O/c1-10-9-14-18-15(17-8-7-16-11(2)21)12-5-3-4-6-13(12)20(14)19-10/h3-6,9H,7-8H2,1-2H3,(H,16,21)(H,17,18). The first-order valence-electron chi connectivity index (χ1n) is 6.88. The quantitative estimate of drug-likeness (QED) is 0.715. The van der Waals surface area contributed by atoms with Crippen molar-refractivity contribution in [3.8, 4) is 0 Å². The second-order valence-electron chi connectivity index (χ2n) is 4.94. The predicted molar refractivity (Wildman–Crippen MR) is 82.4 cm³/mol. The van der Waals surface area contributed by atoms with Gasteiger partial charge >= 0.3 is 0 Å². The van der Waals surface area contributed by atoms with E-state index in [1.807, 2.05) is 41.8 Å². The van der Waals surface area contributed by atoms with Gasteiger partial charge in [0.25, 0.3) is 0 Å². The van der Waals surface area contributed by atoms with Crippen LogP contribution in [0.5, 0.6) is 0 Å². The fourth-order valence-electron chi connectivity index (χ4n) is 2.33. The minimum absolute atomic E-state index is 0.0310. The zero-order valence-corrected chi connectivity index (χ0v) is 12.1. The summed E-state index contributed by atoms with van der Waals surface area (Å²) in [6.45, 7) is 4.65. The van der Waals surface area contributed by atoms with Gasteiger partial charge in [0.05, 0.1) is 11.2 Å². The first-order chi connectivity index (χ1) is 10.1. The van der Waals surface area contributed by atoms with Crippen LogP contribution in [0.2, 0.25) is 0 Å². The summed E-state index contributed by atoms with van der Waals surface area (Å²) in [5.74, 6) is 0.778. The highest BCUT2D eigenvalue weighted by molar-refractivity contribution is 5.91. The molecule has 0 aliphatic rings. The lowest BCUT2D eigenvalue weighted by Crippen LogP contribution is -2.26. The molecular formula is C15H17N5O. The van der Waals surface area contributed by atoms with Crippen LogP contribution in [0.3, 0.4) is 0 Å². The van der Waals surface area contributed by atoms with Gasteiger partial charge in [-0.2, -0.15) is 5.10 Å². The number of nitrogens with one attached hydrogen (secondary N) is 2. The largest absolute Gasteiger partial charge is 0.368 e. The number of hydrogen-bond donors (Lipinski definition) is 2. The van der Waals surface area contributed by atoms with Crippen LogP contribution in [0.4, 0.5) is 5.82 Å². The number of hydrogen-bond acceptors (Lipinski definition) is 4. The molecule has 2 aromatic heterocycles. The molecule has 3 rings (SSSR count). The van der Waals surface area contributed by atoms with Gasteiger partial charge in [0, 0.05) is 31.5 Å². The van der Waals surface area contributed by atoms with Gasteiger partial charge < -0.3 is 10.6 Å². The Morgan fingerprint density at radius 2 is 2.10 bits per heavy atom. The Morgan fingerprint density at radius 3 is 2.90 bits per heavy atom.